The smallest absolute Gasteiger partial charge is 0.326 e. The first kappa shape index (κ1) is 13.6. The lowest BCUT2D eigenvalue weighted by Gasteiger charge is -2.13. The summed E-state index contributed by atoms with van der Waals surface area (Å²) in [7, 11) is 0. The zero-order chi connectivity index (χ0) is 12.8. The van der Waals surface area contributed by atoms with Crippen LogP contribution in [0.5, 0.6) is 0 Å². The van der Waals surface area contributed by atoms with Crippen molar-refractivity contribution in [1.29, 1.82) is 0 Å². The van der Waals surface area contributed by atoms with Crippen LogP contribution in [0.15, 0.2) is 29.2 Å². The molecular weight excluding hydrogens is 238 g/mol. The van der Waals surface area contributed by atoms with Gasteiger partial charge in [0.15, 0.2) is 0 Å². The molecule has 0 spiro atoms. The molecule has 5 heteroatoms. The van der Waals surface area contributed by atoms with E-state index in [1.54, 1.807) is 11.8 Å². The Hall–Kier alpha value is -1.49. The van der Waals surface area contributed by atoms with Crippen LogP contribution in [-0.2, 0) is 16.0 Å². The second kappa shape index (κ2) is 6.30. The minimum absolute atomic E-state index is 0.295. The van der Waals surface area contributed by atoms with Crippen molar-refractivity contribution in [2.45, 2.75) is 24.3 Å². The standard InChI is InChI=1S/C12H15NO3S/c1-8(14)13-11(12(15)16)7-9-4-3-5-10(6-9)17-2/h3-6,11H,7H2,1-2H3,(H,13,14)(H,15,16)/t11-/m1/s1. The number of hydrogen-bond donors (Lipinski definition) is 2. The minimum atomic E-state index is -1.02. The molecule has 0 saturated carbocycles. The highest BCUT2D eigenvalue weighted by atomic mass is 32.2. The number of rotatable bonds is 5. The molecule has 0 aliphatic rings. The molecule has 0 heterocycles. The van der Waals surface area contributed by atoms with E-state index in [0.717, 1.165) is 10.5 Å². The molecular formula is C12H15NO3S. The number of hydrogen-bond acceptors (Lipinski definition) is 3. The Labute approximate surface area is 104 Å². The molecule has 1 aromatic rings. The SMILES string of the molecule is CSc1cccc(C[C@@H](NC(C)=O)C(=O)O)c1. The van der Waals surface area contributed by atoms with Gasteiger partial charge in [-0.2, -0.15) is 0 Å². The van der Waals surface area contributed by atoms with E-state index in [2.05, 4.69) is 5.32 Å². The first-order valence-corrected chi connectivity index (χ1v) is 6.38. The Morgan fingerprint density at radius 1 is 1.47 bits per heavy atom. The number of amides is 1. The van der Waals surface area contributed by atoms with Gasteiger partial charge in [0.1, 0.15) is 6.04 Å². The molecule has 0 aliphatic carbocycles. The van der Waals surface area contributed by atoms with Gasteiger partial charge in [0.2, 0.25) is 5.91 Å². The molecule has 92 valence electrons. The van der Waals surface area contributed by atoms with Gasteiger partial charge in [0, 0.05) is 18.2 Å². The fraction of sp³-hybridized carbons (Fsp3) is 0.333. The van der Waals surface area contributed by atoms with E-state index < -0.39 is 12.0 Å². The number of nitrogens with one attached hydrogen (secondary N) is 1. The van der Waals surface area contributed by atoms with Crippen molar-refractivity contribution in [1.82, 2.24) is 5.32 Å². The maximum Gasteiger partial charge on any atom is 0.326 e. The van der Waals surface area contributed by atoms with E-state index in [0.29, 0.717) is 6.42 Å². The second-order valence-corrected chi connectivity index (χ2v) is 4.53. The van der Waals surface area contributed by atoms with Crippen LogP contribution in [0, 0.1) is 0 Å². The molecule has 17 heavy (non-hydrogen) atoms. The molecule has 0 saturated heterocycles. The van der Waals surface area contributed by atoms with Crippen molar-refractivity contribution >= 4 is 23.6 Å². The number of benzene rings is 1. The number of carbonyl (C=O) groups excluding carboxylic acids is 1. The van der Waals surface area contributed by atoms with Crippen LogP contribution >= 0.6 is 11.8 Å². The van der Waals surface area contributed by atoms with Crippen molar-refractivity contribution in [2.24, 2.45) is 0 Å². The predicted octanol–water partition coefficient (Wildman–Crippen LogP) is 1.54. The molecule has 0 unspecified atom stereocenters. The summed E-state index contributed by atoms with van der Waals surface area (Å²) in [6.45, 7) is 1.31. The van der Waals surface area contributed by atoms with Crippen LogP contribution in [0.2, 0.25) is 0 Å². The Morgan fingerprint density at radius 2 is 2.18 bits per heavy atom. The van der Waals surface area contributed by atoms with E-state index in [4.69, 9.17) is 5.11 Å². The van der Waals surface area contributed by atoms with Crippen molar-refractivity contribution in [2.75, 3.05) is 6.26 Å². The third-order valence-corrected chi connectivity index (χ3v) is 2.97. The quantitative estimate of drug-likeness (QED) is 0.781. The average molecular weight is 253 g/mol. The number of carboxylic acids is 1. The van der Waals surface area contributed by atoms with Crippen LogP contribution in [0.1, 0.15) is 12.5 Å². The predicted molar refractivity (Wildman–Crippen MR) is 67.2 cm³/mol. The molecule has 2 N–H and O–H groups in total. The first-order chi connectivity index (χ1) is 8.02. The van der Waals surface area contributed by atoms with E-state index in [-0.39, 0.29) is 5.91 Å². The molecule has 0 aromatic heterocycles. The van der Waals surface area contributed by atoms with E-state index in [1.807, 2.05) is 30.5 Å². The molecule has 0 aliphatic heterocycles. The normalized spacial score (nSPS) is 11.9. The van der Waals surface area contributed by atoms with Gasteiger partial charge in [0.25, 0.3) is 0 Å². The van der Waals surface area contributed by atoms with Crippen LogP contribution < -0.4 is 5.32 Å². The van der Waals surface area contributed by atoms with Crippen molar-refractivity contribution < 1.29 is 14.7 Å². The van der Waals surface area contributed by atoms with Crippen LogP contribution in [-0.4, -0.2) is 29.3 Å². The van der Waals surface area contributed by atoms with Gasteiger partial charge in [0.05, 0.1) is 0 Å². The molecule has 0 bridgehead atoms. The number of thioether (sulfide) groups is 1. The first-order valence-electron chi connectivity index (χ1n) is 5.15. The van der Waals surface area contributed by atoms with Crippen molar-refractivity contribution in [3.63, 3.8) is 0 Å². The third-order valence-electron chi connectivity index (χ3n) is 2.25. The Kier molecular flexibility index (Phi) is 5.03. The van der Waals surface area contributed by atoms with E-state index in [1.165, 1.54) is 6.92 Å². The molecule has 1 rings (SSSR count). The van der Waals surface area contributed by atoms with Gasteiger partial charge in [-0.3, -0.25) is 4.79 Å². The fourth-order valence-corrected chi connectivity index (χ4v) is 1.96. The maximum atomic E-state index is 11.0. The molecule has 0 radical (unpaired) electrons. The van der Waals surface area contributed by atoms with Crippen LogP contribution in [0.25, 0.3) is 0 Å². The third kappa shape index (κ3) is 4.48. The summed E-state index contributed by atoms with van der Waals surface area (Å²) in [4.78, 5) is 22.9. The molecule has 1 amide bonds. The summed E-state index contributed by atoms with van der Waals surface area (Å²) < 4.78 is 0. The topological polar surface area (TPSA) is 66.4 Å². The van der Waals surface area contributed by atoms with E-state index in [9.17, 15) is 9.59 Å². The van der Waals surface area contributed by atoms with Gasteiger partial charge >= 0.3 is 5.97 Å². The van der Waals surface area contributed by atoms with Gasteiger partial charge in [-0.05, 0) is 24.0 Å². The lowest BCUT2D eigenvalue weighted by atomic mass is 10.1. The monoisotopic (exact) mass is 253 g/mol. The van der Waals surface area contributed by atoms with Crippen molar-refractivity contribution in [3.8, 4) is 0 Å². The summed E-state index contributed by atoms with van der Waals surface area (Å²) in [6, 6.07) is 6.76. The maximum absolute atomic E-state index is 11.0. The lowest BCUT2D eigenvalue weighted by molar-refractivity contribution is -0.141. The second-order valence-electron chi connectivity index (χ2n) is 3.65. The highest BCUT2D eigenvalue weighted by molar-refractivity contribution is 7.98. The zero-order valence-corrected chi connectivity index (χ0v) is 10.6. The molecule has 4 nitrogen and oxygen atoms in total. The summed E-state index contributed by atoms with van der Waals surface area (Å²) in [5.41, 5.74) is 0.901. The Morgan fingerprint density at radius 3 is 2.71 bits per heavy atom. The van der Waals surface area contributed by atoms with Crippen LogP contribution in [0.3, 0.4) is 0 Å². The fourth-order valence-electron chi connectivity index (χ4n) is 1.48. The number of aliphatic carboxylic acids is 1. The highest BCUT2D eigenvalue weighted by Gasteiger charge is 2.18. The summed E-state index contributed by atoms with van der Waals surface area (Å²) in [6.07, 6.45) is 2.25. The summed E-state index contributed by atoms with van der Waals surface area (Å²) in [5, 5.41) is 11.4. The Bertz CT molecular complexity index is 420. The Balaban J connectivity index is 2.78. The summed E-state index contributed by atoms with van der Waals surface area (Å²) in [5.74, 6) is -1.35. The number of carboxylic acid groups (broad SMARTS) is 1. The lowest BCUT2D eigenvalue weighted by Crippen LogP contribution is -2.41. The largest absolute Gasteiger partial charge is 0.480 e. The van der Waals surface area contributed by atoms with Gasteiger partial charge in [-0.25, -0.2) is 4.79 Å². The summed E-state index contributed by atoms with van der Waals surface area (Å²) >= 11 is 1.60. The van der Waals surface area contributed by atoms with E-state index >= 15 is 0 Å². The van der Waals surface area contributed by atoms with Gasteiger partial charge in [-0.15, -0.1) is 11.8 Å². The zero-order valence-electron chi connectivity index (χ0n) is 9.77. The minimum Gasteiger partial charge on any atom is -0.480 e. The molecule has 1 atom stereocenters. The average Bonchev–Trinajstić information content (AvgIpc) is 2.27. The molecule has 0 fully saturated rings. The molecule has 1 aromatic carbocycles. The highest BCUT2D eigenvalue weighted by Crippen LogP contribution is 2.16. The number of carbonyl (C=O) groups is 2. The van der Waals surface area contributed by atoms with Crippen LogP contribution in [0.4, 0.5) is 0 Å². The van der Waals surface area contributed by atoms with Crippen molar-refractivity contribution in [3.05, 3.63) is 29.8 Å². The van der Waals surface area contributed by atoms with Gasteiger partial charge < -0.3 is 10.4 Å². The van der Waals surface area contributed by atoms with Gasteiger partial charge in [-0.1, -0.05) is 12.1 Å².